The second kappa shape index (κ2) is 10.6. The van der Waals surface area contributed by atoms with Crippen molar-refractivity contribution in [3.63, 3.8) is 0 Å². The molecular weight excluding hydrogens is 452 g/mol. The SMILES string of the molecule is CCOc1ccccc1OC1CCN(C(=O)c2cccc(NS(=O)(=O)c3ccccc3)c2)CC1. The van der Waals surface area contributed by atoms with Crippen molar-refractivity contribution in [2.45, 2.75) is 30.8 Å². The summed E-state index contributed by atoms with van der Waals surface area (Å²) in [6, 6.07) is 22.3. The third-order valence-corrected chi connectivity index (χ3v) is 6.98. The number of nitrogens with one attached hydrogen (secondary N) is 1. The van der Waals surface area contributed by atoms with E-state index in [0.29, 0.717) is 49.5 Å². The summed E-state index contributed by atoms with van der Waals surface area (Å²) in [5.41, 5.74) is 0.787. The van der Waals surface area contributed by atoms with Crippen LogP contribution in [0.1, 0.15) is 30.1 Å². The van der Waals surface area contributed by atoms with Gasteiger partial charge >= 0.3 is 0 Å². The molecule has 1 N–H and O–H groups in total. The normalized spacial score (nSPS) is 14.4. The maximum absolute atomic E-state index is 13.1. The fourth-order valence-corrected chi connectivity index (χ4v) is 4.96. The van der Waals surface area contributed by atoms with Crippen molar-refractivity contribution in [2.75, 3.05) is 24.4 Å². The van der Waals surface area contributed by atoms with Crippen LogP contribution in [0.5, 0.6) is 11.5 Å². The monoisotopic (exact) mass is 480 g/mol. The molecule has 178 valence electrons. The van der Waals surface area contributed by atoms with Crippen molar-refractivity contribution >= 4 is 21.6 Å². The number of hydrogen-bond acceptors (Lipinski definition) is 5. The smallest absolute Gasteiger partial charge is 0.261 e. The molecule has 7 nitrogen and oxygen atoms in total. The number of rotatable bonds is 8. The lowest BCUT2D eigenvalue weighted by atomic mass is 10.1. The Morgan fingerprint density at radius 2 is 1.62 bits per heavy atom. The van der Waals surface area contributed by atoms with Crippen LogP contribution in [0.15, 0.2) is 83.8 Å². The Kier molecular flexibility index (Phi) is 7.37. The molecule has 1 amide bonds. The van der Waals surface area contributed by atoms with E-state index in [1.807, 2.05) is 31.2 Å². The Morgan fingerprint density at radius 1 is 0.941 bits per heavy atom. The lowest BCUT2D eigenvalue weighted by molar-refractivity contribution is 0.0589. The van der Waals surface area contributed by atoms with E-state index >= 15 is 0 Å². The third kappa shape index (κ3) is 5.69. The van der Waals surface area contributed by atoms with Crippen LogP contribution in [0.3, 0.4) is 0 Å². The summed E-state index contributed by atoms with van der Waals surface area (Å²) in [4.78, 5) is 15.0. The first kappa shape index (κ1) is 23.6. The van der Waals surface area contributed by atoms with Gasteiger partial charge in [0.05, 0.1) is 11.5 Å². The number of benzene rings is 3. The second-order valence-electron chi connectivity index (χ2n) is 7.99. The molecule has 0 bridgehead atoms. The van der Waals surface area contributed by atoms with Gasteiger partial charge in [-0.2, -0.15) is 0 Å². The van der Waals surface area contributed by atoms with Crippen LogP contribution in [0.25, 0.3) is 0 Å². The third-order valence-electron chi connectivity index (χ3n) is 5.59. The largest absolute Gasteiger partial charge is 0.490 e. The summed E-state index contributed by atoms with van der Waals surface area (Å²) < 4.78 is 39.5. The maximum atomic E-state index is 13.1. The van der Waals surface area contributed by atoms with Crippen molar-refractivity contribution in [2.24, 2.45) is 0 Å². The minimum atomic E-state index is -3.73. The highest BCUT2D eigenvalue weighted by atomic mass is 32.2. The van der Waals surface area contributed by atoms with Gasteiger partial charge in [0, 0.05) is 37.2 Å². The number of anilines is 1. The summed E-state index contributed by atoms with van der Waals surface area (Å²) in [5, 5.41) is 0. The van der Waals surface area contributed by atoms with Gasteiger partial charge < -0.3 is 14.4 Å². The standard InChI is InChI=1S/C26H28N2O5S/c1-2-32-24-13-6-7-14-25(24)33-22-15-17-28(18-16-22)26(29)20-9-8-10-21(19-20)27-34(30,31)23-11-4-3-5-12-23/h3-14,19,22,27H,2,15-18H2,1H3. The summed E-state index contributed by atoms with van der Waals surface area (Å²) in [6.45, 7) is 3.61. The number of amides is 1. The zero-order chi connectivity index (χ0) is 24.0. The van der Waals surface area contributed by atoms with Gasteiger partial charge in [-0.25, -0.2) is 8.42 Å². The van der Waals surface area contributed by atoms with E-state index in [4.69, 9.17) is 9.47 Å². The minimum absolute atomic E-state index is 0.00493. The van der Waals surface area contributed by atoms with Gasteiger partial charge in [-0.3, -0.25) is 9.52 Å². The Labute approximate surface area is 200 Å². The highest BCUT2D eigenvalue weighted by Crippen LogP contribution is 2.29. The quantitative estimate of drug-likeness (QED) is 0.511. The Bertz CT molecular complexity index is 1220. The Morgan fingerprint density at radius 3 is 2.32 bits per heavy atom. The van der Waals surface area contributed by atoms with Gasteiger partial charge in [-0.1, -0.05) is 36.4 Å². The van der Waals surface area contributed by atoms with Crippen molar-refractivity contribution < 1.29 is 22.7 Å². The molecule has 1 fully saturated rings. The second-order valence-corrected chi connectivity index (χ2v) is 9.67. The first-order valence-corrected chi connectivity index (χ1v) is 12.8. The van der Waals surface area contributed by atoms with E-state index < -0.39 is 10.0 Å². The van der Waals surface area contributed by atoms with E-state index in [2.05, 4.69) is 4.72 Å². The maximum Gasteiger partial charge on any atom is 0.261 e. The number of piperidine rings is 1. The molecule has 0 atom stereocenters. The zero-order valence-electron chi connectivity index (χ0n) is 19.0. The first-order chi connectivity index (χ1) is 16.5. The molecule has 1 saturated heterocycles. The summed E-state index contributed by atoms with van der Waals surface area (Å²) in [7, 11) is -3.73. The number of nitrogens with zero attached hydrogens (tertiary/aromatic N) is 1. The molecule has 0 aromatic heterocycles. The zero-order valence-corrected chi connectivity index (χ0v) is 19.8. The van der Waals surface area contributed by atoms with Crippen LogP contribution < -0.4 is 14.2 Å². The molecule has 1 aliphatic rings. The van der Waals surface area contributed by atoms with Gasteiger partial charge in [0.1, 0.15) is 6.10 Å². The van der Waals surface area contributed by atoms with Crippen LogP contribution >= 0.6 is 0 Å². The molecule has 0 spiro atoms. The summed E-state index contributed by atoms with van der Waals surface area (Å²) in [5.74, 6) is 1.31. The first-order valence-electron chi connectivity index (χ1n) is 11.3. The predicted octanol–water partition coefficient (Wildman–Crippen LogP) is 4.57. The fourth-order valence-electron chi connectivity index (χ4n) is 3.89. The lowest BCUT2D eigenvalue weighted by Crippen LogP contribution is -2.41. The van der Waals surface area contributed by atoms with Crippen LogP contribution in [0.4, 0.5) is 5.69 Å². The number of likely N-dealkylation sites (tertiary alicyclic amines) is 1. The topological polar surface area (TPSA) is 84.9 Å². The number of carbonyl (C=O) groups is 1. The molecule has 8 heteroatoms. The molecule has 3 aromatic carbocycles. The van der Waals surface area contributed by atoms with Crippen molar-refractivity contribution in [3.8, 4) is 11.5 Å². The summed E-state index contributed by atoms with van der Waals surface area (Å²) in [6.07, 6.45) is 1.40. The molecule has 4 rings (SSSR count). The number of sulfonamides is 1. The highest BCUT2D eigenvalue weighted by molar-refractivity contribution is 7.92. The lowest BCUT2D eigenvalue weighted by Gasteiger charge is -2.32. The van der Waals surface area contributed by atoms with Crippen molar-refractivity contribution in [1.82, 2.24) is 4.90 Å². The molecule has 34 heavy (non-hydrogen) atoms. The van der Waals surface area contributed by atoms with E-state index in [-0.39, 0.29) is 16.9 Å². The molecule has 0 aliphatic carbocycles. The van der Waals surface area contributed by atoms with E-state index in [0.717, 1.165) is 5.75 Å². The predicted molar refractivity (Wildman–Crippen MR) is 131 cm³/mol. The van der Waals surface area contributed by atoms with Crippen LogP contribution in [0.2, 0.25) is 0 Å². The minimum Gasteiger partial charge on any atom is -0.490 e. The molecule has 1 aliphatic heterocycles. The van der Waals surface area contributed by atoms with Crippen molar-refractivity contribution in [1.29, 1.82) is 0 Å². The molecule has 0 unspecified atom stereocenters. The van der Waals surface area contributed by atoms with Gasteiger partial charge in [-0.15, -0.1) is 0 Å². The molecule has 0 radical (unpaired) electrons. The van der Waals surface area contributed by atoms with E-state index in [1.54, 1.807) is 47.4 Å². The van der Waals surface area contributed by atoms with Gasteiger partial charge in [0.2, 0.25) is 0 Å². The molecular formula is C26H28N2O5S. The Hall–Kier alpha value is -3.52. The molecule has 0 saturated carbocycles. The number of para-hydroxylation sites is 2. The van der Waals surface area contributed by atoms with Gasteiger partial charge in [0.25, 0.3) is 15.9 Å². The number of carbonyl (C=O) groups excluding carboxylic acids is 1. The Balaban J connectivity index is 1.37. The number of ether oxygens (including phenoxy) is 2. The van der Waals surface area contributed by atoms with Crippen molar-refractivity contribution in [3.05, 3.63) is 84.4 Å². The average molecular weight is 481 g/mol. The highest BCUT2D eigenvalue weighted by Gasteiger charge is 2.26. The van der Waals surface area contributed by atoms with Crippen LogP contribution in [-0.2, 0) is 10.0 Å². The fraction of sp³-hybridized carbons (Fsp3) is 0.269. The molecule has 1 heterocycles. The molecule has 3 aromatic rings. The summed E-state index contributed by atoms with van der Waals surface area (Å²) >= 11 is 0. The van der Waals surface area contributed by atoms with Gasteiger partial charge in [0.15, 0.2) is 11.5 Å². The van der Waals surface area contributed by atoms with E-state index in [1.165, 1.54) is 12.1 Å². The van der Waals surface area contributed by atoms with E-state index in [9.17, 15) is 13.2 Å². The van der Waals surface area contributed by atoms with Crippen LogP contribution in [0, 0.1) is 0 Å². The van der Waals surface area contributed by atoms with Crippen LogP contribution in [-0.4, -0.2) is 45.0 Å². The number of hydrogen-bond donors (Lipinski definition) is 1. The van der Waals surface area contributed by atoms with Gasteiger partial charge in [-0.05, 0) is 49.4 Å². The average Bonchev–Trinajstić information content (AvgIpc) is 2.86.